The summed E-state index contributed by atoms with van der Waals surface area (Å²) >= 11 is 0. The predicted octanol–water partition coefficient (Wildman–Crippen LogP) is 3.58. The lowest BCUT2D eigenvalue weighted by atomic mass is 9.86. The molecule has 3 N–H and O–H groups in total. The molecule has 0 aliphatic heterocycles. The molecular formula is C18H23F3N2O3. The van der Waals surface area contributed by atoms with E-state index in [0.29, 0.717) is 50.6 Å². The zero-order chi connectivity index (χ0) is 19.2. The van der Waals surface area contributed by atoms with Crippen molar-refractivity contribution in [3.05, 3.63) is 35.4 Å². The van der Waals surface area contributed by atoms with Gasteiger partial charge in [-0.15, -0.1) is 0 Å². The second-order valence-electron chi connectivity index (χ2n) is 6.59. The lowest BCUT2D eigenvalue weighted by Crippen LogP contribution is -2.44. The van der Waals surface area contributed by atoms with Crippen LogP contribution in [-0.2, 0) is 17.4 Å². The molecule has 5 nitrogen and oxygen atoms in total. The number of nitrogens with one attached hydrogen (secondary N) is 2. The Morgan fingerprint density at radius 2 is 1.85 bits per heavy atom. The Labute approximate surface area is 150 Å². The largest absolute Gasteiger partial charge is 0.481 e. The summed E-state index contributed by atoms with van der Waals surface area (Å²) in [5, 5.41) is 14.4. The van der Waals surface area contributed by atoms with Crippen LogP contribution in [0.15, 0.2) is 24.3 Å². The van der Waals surface area contributed by atoms with Crippen LogP contribution in [0.3, 0.4) is 0 Å². The van der Waals surface area contributed by atoms with E-state index in [1.54, 1.807) is 6.07 Å². The average Bonchev–Trinajstić information content (AvgIpc) is 2.59. The number of alkyl halides is 3. The van der Waals surface area contributed by atoms with Crippen LogP contribution in [0.5, 0.6) is 0 Å². The maximum absolute atomic E-state index is 12.7. The smallest absolute Gasteiger partial charge is 0.416 e. The summed E-state index contributed by atoms with van der Waals surface area (Å²) in [7, 11) is 0. The van der Waals surface area contributed by atoms with Crippen molar-refractivity contribution in [2.75, 3.05) is 6.54 Å². The molecule has 0 atom stereocenters. The van der Waals surface area contributed by atoms with Crippen LogP contribution in [0, 0.1) is 5.92 Å². The number of hydrogen-bond acceptors (Lipinski definition) is 2. The zero-order valence-corrected chi connectivity index (χ0v) is 14.3. The molecule has 1 saturated carbocycles. The Morgan fingerprint density at radius 3 is 2.46 bits per heavy atom. The van der Waals surface area contributed by atoms with E-state index < -0.39 is 17.7 Å². The van der Waals surface area contributed by atoms with Gasteiger partial charge in [-0.25, -0.2) is 4.79 Å². The van der Waals surface area contributed by atoms with Crippen molar-refractivity contribution in [2.24, 2.45) is 5.92 Å². The lowest BCUT2D eigenvalue weighted by molar-refractivity contribution is -0.143. The fourth-order valence-electron chi connectivity index (χ4n) is 3.12. The van der Waals surface area contributed by atoms with Gasteiger partial charge in [0.1, 0.15) is 0 Å². The van der Waals surface area contributed by atoms with Crippen molar-refractivity contribution in [1.82, 2.24) is 10.6 Å². The molecule has 0 aromatic heterocycles. The molecule has 8 heteroatoms. The van der Waals surface area contributed by atoms with Gasteiger partial charge in [0, 0.05) is 12.6 Å². The summed E-state index contributed by atoms with van der Waals surface area (Å²) in [6.07, 6.45) is -1.02. The van der Waals surface area contributed by atoms with Crippen LogP contribution in [0.4, 0.5) is 18.0 Å². The number of carboxylic acids is 1. The molecule has 0 bridgehead atoms. The van der Waals surface area contributed by atoms with Gasteiger partial charge in [0.15, 0.2) is 0 Å². The van der Waals surface area contributed by atoms with Crippen LogP contribution < -0.4 is 10.6 Å². The number of carbonyl (C=O) groups excluding carboxylic acids is 1. The molecule has 144 valence electrons. The molecule has 0 spiro atoms. The molecule has 26 heavy (non-hydrogen) atoms. The van der Waals surface area contributed by atoms with Gasteiger partial charge in [0.25, 0.3) is 0 Å². The Bertz CT molecular complexity index is 626. The summed E-state index contributed by atoms with van der Waals surface area (Å²) in [5.74, 6) is -1.12. The van der Waals surface area contributed by atoms with E-state index in [9.17, 15) is 22.8 Å². The summed E-state index contributed by atoms with van der Waals surface area (Å²) < 4.78 is 38.0. The molecular weight excluding hydrogens is 349 g/mol. The molecule has 1 aromatic carbocycles. The van der Waals surface area contributed by atoms with Crippen LogP contribution in [0.25, 0.3) is 0 Å². The Morgan fingerprint density at radius 1 is 1.15 bits per heavy atom. The van der Waals surface area contributed by atoms with Crippen molar-refractivity contribution in [3.8, 4) is 0 Å². The molecule has 0 unspecified atom stereocenters. The second-order valence-corrected chi connectivity index (χ2v) is 6.59. The normalized spacial score (nSPS) is 20.4. The fourth-order valence-corrected chi connectivity index (χ4v) is 3.12. The van der Waals surface area contributed by atoms with E-state index in [2.05, 4.69) is 10.6 Å². The molecule has 0 heterocycles. The minimum absolute atomic E-state index is 0.0333. The Balaban J connectivity index is 1.66. The number of halogens is 3. The van der Waals surface area contributed by atoms with Crippen molar-refractivity contribution < 1.29 is 27.9 Å². The third-order valence-electron chi connectivity index (χ3n) is 4.59. The first-order valence-electron chi connectivity index (χ1n) is 8.69. The zero-order valence-electron chi connectivity index (χ0n) is 14.3. The van der Waals surface area contributed by atoms with Gasteiger partial charge in [-0.3, -0.25) is 4.79 Å². The number of aryl methyl sites for hydroxylation is 1. The van der Waals surface area contributed by atoms with Crippen molar-refractivity contribution in [1.29, 1.82) is 0 Å². The van der Waals surface area contributed by atoms with E-state index in [1.807, 2.05) is 0 Å². The van der Waals surface area contributed by atoms with Gasteiger partial charge >= 0.3 is 18.2 Å². The minimum Gasteiger partial charge on any atom is -0.481 e. The number of carbonyl (C=O) groups is 2. The summed E-state index contributed by atoms with van der Waals surface area (Å²) in [6, 6.07) is 4.82. The first-order chi connectivity index (χ1) is 12.3. The SMILES string of the molecule is O=C(NCCCc1cccc(C(F)(F)F)c1)NC1CCC(C(=O)O)CC1. The van der Waals surface area contributed by atoms with Crippen molar-refractivity contribution in [2.45, 2.75) is 50.7 Å². The summed E-state index contributed by atoms with van der Waals surface area (Å²) in [6.45, 7) is 0.354. The molecule has 1 aliphatic carbocycles. The van der Waals surface area contributed by atoms with E-state index in [0.717, 1.165) is 12.1 Å². The number of rotatable bonds is 6. The molecule has 0 saturated heterocycles. The monoisotopic (exact) mass is 372 g/mol. The van der Waals surface area contributed by atoms with E-state index >= 15 is 0 Å². The van der Waals surface area contributed by atoms with Crippen molar-refractivity contribution >= 4 is 12.0 Å². The predicted molar refractivity (Wildman–Crippen MR) is 89.7 cm³/mol. The highest BCUT2D eigenvalue weighted by atomic mass is 19.4. The van der Waals surface area contributed by atoms with E-state index in [4.69, 9.17) is 5.11 Å². The summed E-state index contributed by atoms with van der Waals surface area (Å²) in [4.78, 5) is 22.7. The number of carboxylic acid groups (broad SMARTS) is 1. The fraction of sp³-hybridized carbons (Fsp3) is 0.556. The van der Waals surface area contributed by atoms with Crippen LogP contribution in [0.2, 0.25) is 0 Å². The molecule has 1 aromatic rings. The highest BCUT2D eigenvalue weighted by molar-refractivity contribution is 5.74. The van der Waals surface area contributed by atoms with Gasteiger partial charge < -0.3 is 15.7 Å². The highest BCUT2D eigenvalue weighted by Gasteiger charge is 2.30. The number of urea groups is 1. The van der Waals surface area contributed by atoms with Crippen LogP contribution in [0.1, 0.15) is 43.2 Å². The average molecular weight is 372 g/mol. The first-order valence-corrected chi connectivity index (χ1v) is 8.69. The Hall–Kier alpha value is -2.25. The Kier molecular flexibility index (Phi) is 6.88. The first kappa shape index (κ1) is 20.1. The highest BCUT2D eigenvalue weighted by Crippen LogP contribution is 2.29. The molecule has 1 fully saturated rings. The van der Waals surface area contributed by atoms with Gasteiger partial charge in [0.05, 0.1) is 11.5 Å². The van der Waals surface area contributed by atoms with Gasteiger partial charge in [-0.05, 0) is 50.2 Å². The third kappa shape index (κ3) is 6.24. The topological polar surface area (TPSA) is 78.4 Å². The van der Waals surface area contributed by atoms with Crippen molar-refractivity contribution in [3.63, 3.8) is 0 Å². The van der Waals surface area contributed by atoms with Crippen LogP contribution >= 0.6 is 0 Å². The standard InChI is InChI=1S/C18H23F3N2O3/c19-18(20,21)14-5-1-3-12(11-14)4-2-10-22-17(26)23-15-8-6-13(7-9-15)16(24)25/h1,3,5,11,13,15H,2,4,6-10H2,(H,24,25)(H2,22,23,26). The number of amides is 2. The quantitative estimate of drug-likeness (QED) is 0.668. The molecule has 2 amide bonds. The maximum Gasteiger partial charge on any atom is 0.416 e. The van der Waals surface area contributed by atoms with Gasteiger partial charge in [-0.2, -0.15) is 13.2 Å². The van der Waals surface area contributed by atoms with Crippen LogP contribution in [-0.4, -0.2) is 29.7 Å². The number of hydrogen-bond donors (Lipinski definition) is 3. The van der Waals surface area contributed by atoms with E-state index in [-0.39, 0.29) is 18.0 Å². The summed E-state index contributed by atoms with van der Waals surface area (Å²) in [5.41, 5.74) is -0.0910. The lowest BCUT2D eigenvalue weighted by Gasteiger charge is -2.26. The van der Waals surface area contributed by atoms with Gasteiger partial charge in [-0.1, -0.05) is 18.2 Å². The third-order valence-corrected chi connectivity index (χ3v) is 4.59. The van der Waals surface area contributed by atoms with E-state index in [1.165, 1.54) is 6.07 Å². The number of aliphatic carboxylic acids is 1. The molecule has 0 radical (unpaired) electrons. The van der Waals surface area contributed by atoms with Gasteiger partial charge in [0.2, 0.25) is 0 Å². The second kappa shape index (κ2) is 8.91. The number of benzene rings is 1. The minimum atomic E-state index is -4.35. The maximum atomic E-state index is 12.7. The molecule has 2 rings (SSSR count). The molecule has 1 aliphatic rings.